The van der Waals surface area contributed by atoms with Crippen molar-refractivity contribution in [3.63, 3.8) is 0 Å². The van der Waals surface area contributed by atoms with Gasteiger partial charge in [0, 0.05) is 36.8 Å². The van der Waals surface area contributed by atoms with Gasteiger partial charge in [-0.2, -0.15) is 0 Å². The first-order valence-electron chi connectivity index (χ1n) is 6.65. The molecule has 0 aliphatic carbocycles. The molecule has 1 saturated heterocycles. The zero-order valence-corrected chi connectivity index (χ0v) is 11.9. The number of rotatable bonds is 4. The van der Waals surface area contributed by atoms with Gasteiger partial charge in [-0.05, 0) is 5.56 Å². The summed E-state index contributed by atoms with van der Waals surface area (Å²) in [6, 6.07) is 10.4. The molecule has 1 aromatic heterocycles. The van der Waals surface area contributed by atoms with Crippen molar-refractivity contribution < 1.29 is 0 Å². The second-order valence-corrected chi connectivity index (χ2v) is 5.60. The second kappa shape index (κ2) is 6.52. The lowest BCUT2D eigenvalue weighted by atomic mass is 9.96. The first-order valence-corrected chi connectivity index (χ1v) is 7.64. The maximum absolute atomic E-state index is 4.68. The second-order valence-electron chi connectivity index (χ2n) is 4.51. The van der Waals surface area contributed by atoms with Crippen LogP contribution in [0.2, 0.25) is 0 Å². The summed E-state index contributed by atoms with van der Waals surface area (Å²) in [6.07, 6.45) is 5.26. The van der Waals surface area contributed by atoms with Gasteiger partial charge in [0.2, 0.25) is 0 Å². The molecule has 3 rings (SSSR count). The third-order valence-electron chi connectivity index (χ3n) is 3.18. The summed E-state index contributed by atoms with van der Waals surface area (Å²) in [5.41, 5.74) is 2.19. The fourth-order valence-corrected chi connectivity index (χ4v) is 2.95. The van der Waals surface area contributed by atoms with Gasteiger partial charge in [0.25, 0.3) is 0 Å². The first kappa shape index (κ1) is 13.1. The van der Waals surface area contributed by atoms with Crippen molar-refractivity contribution in [1.82, 2.24) is 15.3 Å². The minimum absolute atomic E-state index is 0.153. The van der Waals surface area contributed by atoms with E-state index in [1.54, 1.807) is 24.2 Å². The monoisotopic (exact) mass is 284 g/mol. The molecule has 1 N–H and O–H groups in total. The average Bonchev–Trinajstić information content (AvgIpc) is 3.03. The number of aliphatic imine (C=N–C) groups is 1. The summed E-state index contributed by atoms with van der Waals surface area (Å²) in [5, 5.41) is 4.33. The summed E-state index contributed by atoms with van der Waals surface area (Å²) in [5.74, 6) is 1.25. The van der Waals surface area contributed by atoms with Gasteiger partial charge in [0.1, 0.15) is 0 Å². The smallest absolute Gasteiger partial charge is 0.156 e. The van der Waals surface area contributed by atoms with Crippen molar-refractivity contribution in [2.24, 2.45) is 4.99 Å². The van der Waals surface area contributed by atoms with Crippen LogP contribution in [0.3, 0.4) is 0 Å². The van der Waals surface area contributed by atoms with Gasteiger partial charge in [0.15, 0.2) is 5.17 Å². The molecule has 0 radical (unpaired) electrons. The highest BCUT2D eigenvalue weighted by Crippen LogP contribution is 2.23. The molecule has 1 aliphatic rings. The topological polar surface area (TPSA) is 50.2 Å². The van der Waals surface area contributed by atoms with Crippen molar-refractivity contribution >= 4 is 16.9 Å². The zero-order valence-electron chi connectivity index (χ0n) is 11.1. The normalized spacial score (nSPS) is 17.9. The largest absolute Gasteiger partial charge is 0.364 e. The maximum atomic E-state index is 4.68. The highest BCUT2D eigenvalue weighted by atomic mass is 32.2. The Hall–Kier alpha value is -1.88. The number of hydrogen-bond donors (Lipinski definition) is 1. The molecule has 2 heterocycles. The third-order valence-corrected chi connectivity index (χ3v) is 4.13. The van der Waals surface area contributed by atoms with E-state index in [0.29, 0.717) is 6.54 Å². The molecule has 0 bridgehead atoms. The Morgan fingerprint density at radius 1 is 1.25 bits per heavy atom. The minimum atomic E-state index is 0.153. The molecule has 1 atom stereocenters. The van der Waals surface area contributed by atoms with Gasteiger partial charge in [-0.15, -0.1) is 0 Å². The quantitative estimate of drug-likeness (QED) is 0.936. The van der Waals surface area contributed by atoms with E-state index < -0.39 is 0 Å². The molecule has 1 unspecified atom stereocenters. The van der Waals surface area contributed by atoms with Crippen LogP contribution in [0.4, 0.5) is 0 Å². The molecule has 102 valence electrons. The van der Waals surface area contributed by atoms with Crippen LogP contribution in [-0.2, 0) is 0 Å². The zero-order chi connectivity index (χ0) is 13.6. The fourth-order valence-electron chi connectivity index (χ4n) is 2.18. The summed E-state index contributed by atoms with van der Waals surface area (Å²) in [6.45, 7) is 1.70. The molecule has 1 aliphatic heterocycles. The lowest BCUT2D eigenvalue weighted by Crippen LogP contribution is -2.15. The number of nitrogens with one attached hydrogen (secondary N) is 1. The van der Waals surface area contributed by atoms with Crippen molar-refractivity contribution in [3.8, 4) is 0 Å². The van der Waals surface area contributed by atoms with E-state index in [-0.39, 0.29) is 5.92 Å². The van der Waals surface area contributed by atoms with Crippen LogP contribution in [0.15, 0.2) is 53.9 Å². The van der Waals surface area contributed by atoms with E-state index in [1.807, 2.05) is 12.3 Å². The predicted octanol–water partition coefficient (Wildman–Crippen LogP) is 2.30. The van der Waals surface area contributed by atoms with E-state index in [0.717, 1.165) is 23.2 Å². The maximum Gasteiger partial charge on any atom is 0.156 e. The SMILES string of the molecule is c1ccc(C(CN=C2NCCS2)c2cnccn2)cc1. The minimum Gasteiger partial charge on any atom is -0.364 e. The van der Waals surface area contributed by atoms with Gasteiger partial charge in [0.05, 0.1) is 12.2 Å². The van der Waals surface area contributed by atoms with E-state index >= 15 is 0 Å². The Morgan fingerprint density at radius 2 is 2.15 bits per heavy atom. The van der Waals surface area contributed by atoms with E-state index in [9.17, 15) is 0 Å². The average molecular weight is 284 g/mol. The number of hydrogen-bond acceptors (Lipinski definition) is 4. The molecule has 0 spiro atoms. The lowest BCUT2D eigenvalue weighted by Gasteiger charge is -2.14. The van der Waals surface area contributed by atoms with E-state index in [2.05, 4.69) is 44.5 Å². The molecule has 1 aromatic carbocycles. The van der Waals surface area contributed by atoms with Gasteiger partial charge in [-0.25, -0.2) is 0 Å². The van der Waals surface area contributed by atoms with Crippen molar-refractivity contribution in [1.29, 1.82) is 0 Å². The van der Waals surface area contributed by atoms with Gasteiger partial charge >= 0.3 is 0 Å². The molecule has 0 amide bonds. The molecule has 0 saturated carbocycles. The summed E-state index contributed by atoms with van der Waals surface area (Å²) < 4.78 is 0. The summed E-state index contributed by atoms with van der Waals surface area (Å²) >= 11 is 1.78. The predicted molar refractivity (Wildman–Crippen MR) is 83.1 cm³/mol. The summed E-state index contributed by atoms with van der Waals surface area (Å²) in [7, 11) is 0. The van der Waals surface area contributed by atoms with E-state index in [1.165, 1.54) is 5.56 Å². The molecule has 20 heavy (non-hydrogen) atoms. The van der Waals surface area contributed by atoms with E-state index in [4.69, 9.17) is 0 Å². The number of thioether (sulfide) groups is 1. The Balaban J connectivity index is 1.86. The van der Waals surface area contributed by atoms with Crippen LogP contribution in [0.1, 0.15) is 17.2 Å². The van der Waals surface area contributed by atoms with Gasteiger partial charge < -0.3 is 5.32 Å². The Kier molecular flexibility index (Phi) is 4.28. The molecule has 5 heteroatoms. The number of aromatic nitrogens is 2. The number of nitrogens with zero attached hydrogens (tertiary/aromatic N) is 3. The van der Waals surface area contributed by atoms with Gasteiger partial charge in [-0.1, -0.05) is 42.1 Å². The van der Waals surface area contributed by atoms with Crippen LogP contribution >= 0.6 is 11.8 Å². The number of amidine groups is 1. The van der Waals surface area contributed by atoms with Crippen molar-refractivity contribution in [2.75, 3.05) is 18.8 Å². The highest BCUT2D eigenvalue weighted by molar-refractivity contribution is 8.14. The Bertz CT molecular complexity index is 523. The lowest BCUT2D eigenvalue weighted by molar-refractivity contribution is 0.778. The molecule has 1 fully saturated rings. The van der Waals surface area contributed by atoms with Crippen molar-refractivity contribution in [2.45, 2.75) is 5.92 Å². The summed E-state index contributed by atoms with van der Waals surface area (Å²) in [4.78, 5) is 13.3. The Morgan fingerprint density at radius 3 is 2.85 bits per heavy atom. The van der Waals surface area contributed by atoms with Crippen molar-refractivity contribution in [3.05, 3.63) is 60.2 Å². The highest BCUT2D eigenvalue weighted by Gasteiger charge is 2.16. The van der Waals surface area contributed by atoms with Crippen LogP contribution in [0, 0.1) is 0 Å². The third kappa shape index (κ3) is 3.17. The fraction of sp³-hybridized carbons (Fsp3) is 0.267. The van der Waals surface area contributed by atoms with Crippen LogP contribution < -0.4 is 5.32 Å². The Labute approximate surface area is 122 Å². The van der Waals surface area contributed by atoms with Gasteiger partial charge in [-0.3, -0.25) is 15.0 Å². The first-order chi connectivity index (χ1) is 9.93. The standard InChI is InChI=1S/C15H16N4S/c1-2-4-12(5-3-1)13(14-11-16-6-7-17-14)10-19-15-18-8-9-20-15/h1-7,11,13H,8-10H2,(H,18,19). The van der Waals surface area contributed by atoms with Crippen LogP contribution in [0.5, 0.6) is 0 Å². The molecular formula is C15H16N4S. The molecule has 2 aromatic rings. The van der Waals surface area contributed by atoms with Crippen LogP contribution in [-0.4, -0.2) is 34.0 Å². The molecule has 4 nitrogen and oxygen atoms in total. The number of benzene rings is 1. The molecular weight excluding hydrogens is 268 g/mol. The van der Waals surface area contributed by atoms with Crippen LogP contribution in [0.25, 0.3) is 0 Å².